The molecule has 1 amide bonds. The van der Waals surface area contributed by atoms with Crippen LogP contribution in [0.4, 0.5) is 13.2 Å². The van der Waals surface area contributed by atoms with Gasteiger partial charge < -0.3 is 5.32 Å². The molecule has 0 saturated carbocycles. The van der Waals surface area contributed by atoms with E-state index in [9.17, 15) is 18.0 Å². The number of nitrogens with one attached hydrogen (secondary N) is 1. The number of carbonyl (C=O) groups is 1. The van der Waals surface area contributed by atoms with Gasteiger partial charge in [-0.25, -0.2) is 0 Å². The second kappa shape index (κ2) is 5.95. The lowest BCUT2D eigenvalue weighted by Crippen LogP contribution is -2.25. The molecule has 0 atom stereocenters. The Kier molecular flexibility index (Phi) is 4.84. The lowest BCUT2D eigenvalue weighted by atomic mass is 10.2. The van der Waals surface area contributed by atoms with Crippen molar-refractivity contribution in [2.45, 2.75) is 17.3 Å². The van der Waals surface area contributed by atoms with Gasteiger partial charge in [0, 0.05) is 11.4 Å². The molecule has 6 heteroatoms. The third-order valence-electron chi connectivity index (χ3n) is 1.91. The van der Waals surface area contributed by atoms with E-state index < -0.39 is 11.4 Å². The van der Waals surface area contributed by atoms with E-state index in [1.807, 2.05) is 0 Å². The molecule has 0 radical (unpaired) electrons. The number of rotatable bonds is 4. The lowest BCUT2D eigenvalue weighted by Gasteiger charge is -2.11. The minimum Gasteiger partial charge on any atom is -0.348 e. The van der Waals surface area contributed by atoms with Crippen molar-refractivity contribution in [1.82, 2.24) is 5.32 Å². The molecule has 1 aromatic carbocycles. The van der Waals surface area contributed by atoms with Crippen molar-refractivity contribution in [1.29, 1.82) is 0 Å². The maximum atomic E-state index is 12.3. The molecule has 1 N–H and O–H groups in total. The zero-order chi connectivity index (χ0) is 13.8. The third-order valence-corrected chi connectivity index (χ3v) is 2.72. The van der Waals surface area contributed by atoms with Gasteiger partial charge in [-0.1, -0.05) is 24.3 Å². The summed E-state index contributed by atoms with van der Waals surface area (Å²) in [4.78, 5) is 11.6. The van der Waals surface area contributed by atoms with Gasteiger partial charge in [-0.3, -0.25) is 4.79 Å². The van der Waals surface area contributed by atoms with Gasteiger partial charge in [-0.15, -0.1) is 0 Å². The Balaban J connectivity index is 2.88. The molecule has 2 nitrogen and oxygen atoms in total. The highest BCUT2D eigenvalue weighted by Gasteiger charge is 2.31. The van der Waals surface area contributed by atoms with Crippen LogP contribution in [0.25, 0.3) is 0 Å². The summed E-state index contributed by atoms with van der Waals surface area (Å²) in [7, 11) is 0. The number of benzene rings is 1. The standard InChI is InChI=1S/C12H12F3NOS/c1-8(2)7-16-11(17)9-5-3-4-6-10(9)18-12(13,14)15/h3-6H,1,7H2,2H3,(H,16,17). The summed E-state index contributed by atoms with van der Waals surface area (Å²) in [6.07, 6.45) is 0. The van der Waals surface area contributed by atoms with Gasteiger partial charge >= 0.3 is 5.51 Å². The third kappa shape index (κ3) is 4.83. The summed E-state index contributed by atoms with van der Waals surface area (Å²) in [5.41, 5.74) is -3.67. The molecule has 0 fully saturated rings. The molecule has 0 aromatic heterocycles. The molecule has 0 bridgehead atoms. The molecule has 0 aliphatic carbocycles. The van der Waals surface area contributed by atoms with Crippen LogP contribution in [0.2, 0.25) is 0 Å². The number of hydrogen-bond acceptors (Lipinski definition) is 2. The van der Waals surface area contributed by atoms with Crippen LogP contribution in [0.15, 0.2) is 41.3 Å². The molecule has 0 unspecified atom stereocenters. The molecule has 1 aromatic rings. The number of halogens is 3. The topological polar surface area (TPSA) is 29.1 Å². The molecule has 0 aliphatic rings. The van der Waals surface area contributed by atoms with E-state index in [2.05, 4.69) is 11.9 Å². The normalized spacial score (nSPS) is 11.1. The highest BCUT2D eigenvalue weighted by atomic mass is 32.2. The molecule has 98 valence electrons. The molecule has 1 rings (SSSR count). The van der Waals surface area contributed by atoms with Crippen LogP contribution in [-0.2, 0) is 0 Å². The molecule has 0 heterocycles. The Morgan fingerprint density at radius 3 is 2.56 bits per heavy atom. The highest BCUT2D eigenvalue weighted by Crippen LogP contribution is 2.38. The smallest absolute Gasteiger partial charge is 0.348 e. The van der Waals surface area contributed by atoms with Crippen LogP contribution in [0, 0.1) is 0 Å². The van der Waals surface area contributed by atoms with Crippen molar-refractivity contribution < 1.29 is 18.0 Å². The molecular weight excluding hydrogens is 263 g/mol. The van der Waals surface area contributed by atoms with E-state index >= 15 is 0 Å². The summed E-state index contributed by atoms with van der Waals surface area (Å²) in [5, 5.41) is 2.51. The van der Waals surface area contributed by atoms with E-state index in [1.165, 1.54) is 24.3 Å². The molecule has 0 saturated heterocycles. The molecule has 0 aliphatic heterocycles. The van der Waals surface area contributed by atoms with Crippen LogP contribution in [-0.4, -0.2) is 18.0 Å². The zero-order valence-electron chi connectivity index (χ0n) is 9.67. The van der Waals surface area contributed by atoms with Gasteiger partial charge in [0.25, 0.3) is 5.91 Å². The first kappa shape index (κ1) is 14.6. The first-order valence-electron chi connectivity index (χ1n) is 5.07. The Labute approximate surface area is 107 Å². The van der Waals surface area contributed by atoms with Crippen LogP contribution >= 0.6 is 11.8 Å². The minimum absolute atomic E-state index is 0.0149. The van der Waals surface area contributed by atoms with Crippen LogP contribution in [0.3, 0.4) is 0 Å². The molecule has 0 spiro atoms. The average molecular weight is 275 g/mol. The first-order chi connectivity index (χ1) is 8.29. The molecule has 18 heavy (non-hydrogen) atoms. The predicted octanol–water partition coefficient (Wildman–Crippen LogP) is 3.60. The van der Waals surface area contributed by atoms with E-state index in [0.29, 0.717) is 0 Å². The van der Waals surface area contributed by atoms with Gasteiger partial charge in [0.1, 0.15) is 0 Å². The van der Waals surface area contributed by atoms with Crippen LogP contribution < -0.4 is 5.32 Å². The summed E-state index contributed by atoms with van der Waals surface area (Å²) in [6, 6.07) is 5.62. The Morgan fingerprint density at radius 2 is 2.00 bits per heavy atom. The monoisotopic (exact) mass is 275 g/mol. The van der Waals surface area contributed by atoms with Crippen molar-refractivity contribution in [3.8, 4) is 0 Å². The second-order valence-corrected chi connectivity index (χ2v) is 4.79. The SMILES string of the molecule is C=C(C)CNC(=O)c1ccccc1SC(F)(F)F. The second-order valence-electron chi connectivity index (χ2n) is 3.68. The van der Waals surface area contributed by atoms with Gasteiger partial charge in [0.2, 0.25) is 0 Å². The summed E-state index contributed by atoms with van der Waals surface area (Å²) >= 11 is -0.293. The fourth-order valence-electron chi connectivity index (χ4n) is 1.19. The zero-order valence-corrected chi connectivity index (χ0v) is 10.5. The Hall–Kier alpha value is -1.43. The lowest BCUT2D eigenvalue weighted by molar-refractivity contribution is -0.0328. The largest absolute Gasteiger partial charge is 0.446 e. The van der Waals surface area contributed by atoms with Crippen molar-refractivity contribution >= 4 is 17.7 Å². The van der Waals surface area contributed by atoms with E-state index in [1.54, 1.807) is 6.92 Å². The maximum absolute atomic E-state index is 12.3. The van der Waals surface area contributed by atoms with E-state index in [-0.39, 0.29) is 28.8 Å². The Morgan fingerprint density at radius 1 is 1.39 bits per heavy atom. The predicted molar refractivity (Wildman–Crippen MR) is 65.5 cm³/mol. The van der Waals surface area contributed by atoms with Crippen molar-refractivity contribution in [2.24, 2.45) is 0 Å². The van der Waals surface area contributed by atoms with Gasteiger partial charge in [0.15, 0.2) is 0 Å². The fourth-order valence-corrected chi connectivity index (χ4v) is 1.86. The maximum Gasteiger partial charge on any atom is 0.446 e. The van der Waals surface area contributed by atoms with Crippen molar-refractivity contribution in [3.05, 3.63) is 42.0 Å². The summed E-state index contributed by atoms with van der Waals surface area (Å²) < 4.78 is 36.9. The average Bonchev–Trinajstić information content (AvgIpc) is 2.24. The number of thioether (sulfide) groups is 1. The number of carbonyl (C=O) groups excluding carboxylic acids is 1. The van der Waals surface area contributed by atoms with E-state index in [4.69, 9.17) is 0 Å². The Bertz CT molecular complexity index is 457. The van der Waals surface area contributed by atoms with Crippen LogP contribution in [0.5, 0.6) is 0 Å². The van der Waals surface area contributed by atoms with Crippen molar-refractivity contribution in [3.63, 3.8) is 0 Å². The van der Waals surface area contributed by atoms with Gasteiger partial charge in [0.05, 0.1) is 5.56 Å². The first-order valence-corrected chi connectivity index (χ1v) is 5.88. The van der Waals surface area contributed by atoms with E-state index in [0.717, 1.165) is 5.57 Å². The fraction of sp³-hybridized carbons (Fsp3) is 0.250. The van der Waals surface area contributed by atoms with Crippen molar-refractivity contribution in [2.75, 3.05) is 6.54 Å². The van der Waals surface area contributed by atoms with Gasteiger partial charge in [-0.2, -0.15) is 13.2 Å². The minimum atomic E-state index is -4.41. The number of amides is 1. The summed E-state index contributed by atoms with van der Waals surface area (Å²) in [6.45, 7) is 5.56. The van der Waals surface area contributed by atoms with Crippen LogP contribution in [0.1, 0.15) is 17.3 Å². The van der Waals surface area contributed by atoms with Gasteiger partial charge in [-0.05, 0) is 30.8 Å². The molecular formula is C12H12F3NOS. The number of hydrogen-bond donors (Lipinski definition) is 1. The highest BCUT2D eigenvalue weighted by molar-refractivity contribution is 8.00. The quantitative estimate of drug-likeness (QED) is 0.672. The number of alkyl halides is 3. The summed E-state index contributed by atoms with van der Waals surface area (Å²) in [5.74, 6) is -0.537.